The summed E-state index contributed by atoms with van der Waals surface area (Å²) in [6, 6.07) is 2.03. The first-order chi connectivity index (χ1) is 16.9. The molecule has 2 aromatic heterocycles. The van der Waals surface area contributed by atoms with Gasteiger partial charge in [-0.05, 0) is 35.5 Å². The van der Waals surface area contributed by atoms with Crippen LogP contribution in [0, 0.1) is 11.5 Å². The van der Waals surface area contributed by atoms with E-state index < -0.39 is 18.9 Å². The zero-order valence-electron chi connectivity index (χ0n) is 23.3. The monoisotopic (exact) mass is 527 g/mol. The number of anilines is 1. The standard InChI is InChI=1S/C27H41N5O2SSi/c1-18(2)36(19(3)4,20(5)6)15-14-21-16-24(29-25-23(21)17-28-26(30-25)35(9)34)32(8)27(33)31(7)22-12-10-11-13-22/h16-20,22H,10-13H2,1-9H3. The Morgan fingerprint density at radius 3 is 2.17 bits per heavy atom. The van der Waals surface area contributed by atoms with E-state index >= 15 is 0 Å². The maximum atomic E-state index is 13.3. The number of carbonyl (C=O) groups is 1. The molecule has 0 saturated heterocycles. The fourth-order valence-electron chi connectivity index (χ4n) is 5.78. The van der Waals surface area contributed by atoms with Crippen molar-refractivity contribution in [3.63, 3.8) is 0 Å². The largest absolute Gasteiger partial charge is 0.325 e. The average Bonchev–Trinajstić information content (AvgIpc) is 3.36. The van der Waals surface area contributed by atoms with Crippen molar-refractivity contribution in [2.24, 2.45) is 0 Å². The Bertz CT molecular complexity index is 1180. The van der Waals surface area contributed by atoms with Crippen LogP contribution >= 0.6 is 0 Å². The molecule has 9 heteroatoms. The second-order valence-electron chi connectivity index (χ2n) is 10.9. The van der Waals surface area contributed by atoms with Crippen LogP contribution in [0.25, 0.3) is 11.0 Å². The highest BCUT2D eigenvalue weighted by molar-refractivity contribution is 7.84. The summed E-state index contributed by atoms with van der Waals surface area (Å²) in [6.07, 6.45) is 7.58. The van der Waals surface area contributed by atoms with Crippen molar-refractivity contribution in [2.45, 2.75) is 95.0 Å². The molecular formula is C27H41N5O2SSi. The molecule has 2 amide bonds. The Kier molecular flexibility index (Phi) is 8.94. The van der Waals surface area contributed by atoms with Crippen LogP contribution in [0.2, 0.25) is 16.6 Å². The molecule has 7 nitrogen and oxygen atoms in total. The summed E-state index contributed by atoms with van der Waals surface area (Å²) in [5.74, 6) is 3.99. The average molecular weight is 528 g/mol. The van der Waals surface area contributed by atoms with Crippen molar-refractivity contribution < 1.29 is 9.00 Å². The van der Waals surface area contributed by atoms with Crippen LogP contribution in [-0.2, 0) is 10.8 Å². The molecule has 0 bridgehead atoms. The third-order valence-corrected chi connectivity index (χ3v) is 14.9. The number of carbonyl (C=O) groups excluding carboxylic acids is 1. The van der Waals surface area contributed by atoms with Gasteiger partial charge in [0.25, 0.3) is 0 Å². The van der Waals surface area contributed by atoms with Crippen LogP contribution in [-0.4, -0.2) is 64.6 Å². The molecular weight excluding hydrogens is 486 g/mol. The fourth-order valence-corrected chi connectivity index (χ4v) is 11.4. The molecule has 36 heavy (non-hydrogen) atoms. The smallest absolute Gasteiger partial charge is 0.324 e. The molecule has 0 aromatic carbocycles. The number of nitrogens with zero attached hydrogens (tertiary/aromatic N) is 5. The van der Waals surface area contributed by atoms with Gasteiger partial charge in [0.1, 0.15) is 13.9 Å². The van der Waals surface area contributed by atoms with E-state index in [0.717, 1.165) is 31.2 Å². The number of aromatic nitrogens is 3. The van der Waals surface area contributed by atoms with Crippen molar-refractivity contribution in [2.75, 3.05) is 25.3 Å². The Morgan fingerprint density at radius 1 is 1.06 bits per heavy atom. The molecule has 1 fully saturated rings. The summed E-state index contributed by atoms with van der Waals surface area (Å²) in [5, 5.41) is 0.933. The minimum atomic E-state index is -1.99. The Balaban J connectivity index is 2.16. The van der Waals surface area contributed by atoms with E-state index in [1.165, 1.54) is 0 Å². The van der Waals surface area contributed by atoms with Gasteiger partial charge in [-0.25, -0.2) is 19.7 Å². The third-order valence-electron chi connectivity index (χ3n) is 7.87. The molecule has 0 aliphatic heterocycles. The van der Waals surface area contributed by atoms with Crippen molar-refractivity contribution in [1.29, 1.82) is 0 Å². The summed E-state index contributed by atoms with van der Waals surface area (Å²) in [5.41, 5.74) is 6.41. The molecule has 0 spiro atoms. The molecule has 1 aliphatic rings. The van der Waals surface area contributed by atoms with Crippen molar-refractivity contribution in [3.8, 4) is 11.5 Å². The summed E-state index contributed by atoms with van der Waals surface area (Å²) in [7, 11) is 0.279. The van der Waals surface area contributed by atoms with Gasteiger partial charge in [0, 0.05) is 38.2 Å². The molecule has 1 unspecified atom stereocenters. The number of hydrogen-bond acceptors (Lipinski definition) is 5. The molecule has 2 heterocycles. The van der Waals surface area contributed by atoms with Gasteiger partial charge in [0.15, 0.2) is 5.65 Å². The van der Waals surface area contributed by atoms with E-state index in [1.54, 1.807) is 24.4 Å². The van der Waals surface area contributed by atoms with Crippen molar-refractivity contribution in [3.05, 3.63) is 17.8 Å². The zero-order valence-corrected chi connectivity index (χ0v) is 25.1. The van der Waals surface area contributed by atoms with Gasteiger partial charge in [-0.1, -0.05) is 60.3 Å². The first-order valence-corrected chi connectivity index (χ1v) is 16.7. The summed E-state index contributed by atoms with van der Waals surface area (Å²) in [6.45, 7) is 13.7. The van der Waals surface area contributed by atoms with Gasteiger partial charge in [-0.15, -0.1) is 5.54 Å². The maximum Gasteiger partial charge on any atom is 0.325 e. The van der Waals surface area contributed by atoms with Crippen LogP contribution in [0.1, 0.15) is 72.8 Å². The molecule has 0 radical (unpaired) electrons. The SMILES string of the molecule is CC(C)[Si](C#Cc1cc(N(C)C(=O)N(C)C2CCCC2)nc2nc(S(C)=O)ncc12)(C(C)C)C(C)C. The highest BCUT2D eigenvalue weighted by Crippen LogP contribution is 2.41. The summed E-state index contributed by atoms with van der Waals surface area (Å²) in [4.78, 5) is 30.2. The van der Waals surface area contributed by atoms with E-state index in [-0.39, 0.29) is 17.2 Å². The Morgan fingerprint density at radius 2 is 1.64 bits per heavy atom. The van der Waals surface area contributed by atoms with E-state index in [1.807, 2.05) is 18.0 Å². The normalized spacial score (nSPS) is 15.4. The minimum Gasteiger partial charge on any atom is -0.324 e. The van der Waals surface area contributed by atoms with Gasteiger partial charge in [0.05, 0.1) is 16.2 Å². The van der Waals surface area contributed by atoms with Crippen molar-refractivity contribution in [1.82, 2.24) is 19.9 Å². The first kappa shape index (κ1) is 28.3. The first-order valence-electron chi connectivity index (χ1n) is 12.9. The van der Waals surface area contributed by atoms with E-state index in [4.69, 9.17) is 4.98 Å². The van der Waals surface area contributed by atoms with E-state index in [0.29, 0.717) is 33.5 Å². The van der Waals surface area contributed by atoms with Gasteiger partial charge >= 0.3 is 6.03 Å². The molecule has 1 aliphatic carbocycles. The highest BCUT2D eigenvalue weighted by Gasteiger charge is 2.41. The lowest BCUT2D eigenvalue weighted by Gasteiger charge is -2.38. The number of rotatable bonds is 6. The number of fused-ring (bicyclic) bond motifs is 1. The third kappa shape index (κ3) is 5.50. The predicted molar refractivity (Wildman–Crippen MR) is 151 cm³/mol. The number of hydrogen-bond donors (Lipinski definition) is 0. The second kappa shape index (κ2) is 11.4. The Labute approximate surface area is 220 Å². The lowest BCUT2D eigenvalue weighted by molar-refractivity contribution is 0.199. The van der Waals surface area contributed by atoms with Gasteiger partial charge < -0.3 is 4.90 Å². The zero-order chi connectivity index (χ0) is 26.8. The van der Waals surface area contributed by atoms with E-state index in [9.17, 15) is 9.00 Å². The second-order valence-corrected chi connectivity index (χ2v) is 17.8. The number of pyridine rings is 1. The van der Waals surface area contributed by atoms with Crippen molar-refractivity contribution >= 4 is 41.8 Å². The number of amides is 2. The van der Waals surface area contributed by atoms with Crippen LogP contribution in [0.3, 0.4) is 0 Å². The molecule has 3 rings (SSSR count). The number of urea groups is 1. The van der Waals surface area contributed by atoms with Crippen LogP contribution < -0.4 is 4.90 Å². The molecule has 0 N–H and O–H groups in total. The molecule has 1 atom stereocenters. The predicted octanol–water partition coefficient (Wildman–Crippen LogP) is 5.76. The lowest BCUT2D eigenvalue weighted by Crippen LogP contribution is -2.44. The van der Waals surface area contributed by atoms with Gasteiger partial charge in [-0.2, -0.15) is 0 Å². The quantitative estimate of drug-likeness (QED) is 0.271. The summed E-state index contributed by atoms with van der Waals surface area (Å²) >= 11 is 0. The van der Waals surface area contributed by atoms with E-state index in [2.05, 4.69) is 63.0 Å². The minimum absolute atomic E-state index is 0.101. The lowest BCUT2D eigenvalue weighted by atomic mass is 10.2. The highest BCUT2D eigenvalue weighted by atomic mass is 32.2. The molecule has 196 valence electrons. The van der Waals surface area contributed by atoms with Gasteiger partial charge in [-0.3, -0.25) is 9.11 Å². The molecule has 1 saturated carbocycles. The topological polar surface area (TPSA) is 79.3 Å². The van der Waals surface area contributed by atoms with Crippen LogP contribution in [0.4, 0.5) is 10.6 Å². The maximum absolute atomic E-state index is 13.3. The van der Waals surface area contributed by atoms with Gasteiger partial charge in [0.2, 0.25) is 5.16 Å². The summed E-state index contributed by atoms with van der Waals surface area (Å²) < 4.78 is 12.1. The van der Waals surface area contributed by atoms with Crippen LogP contribution in [0.15, 0.2) is 17.4 Å². The van der Waals surface area contributed by atoms with Crippen LogP contribution in [0.5, 0.6) is 0 Å². The fraction of sp³-hybridized carbons (Fsp3) is 0.630. The molecule has 2 aromatic rings. The Hall–Kier alpha value is -2.31.